The maximum Gasteiger partial charge on any atom is 0.161 e. The van der Waals surface area contributed by atoms with E-state index in [2.05, 4.69) is 232 Å². The Bertz CT molecular complexity index is 3640. The van der Waals surface area contributed by atoms with E-state index in [-0.39, 0.29) is 5.41 Å². The van der Waals surface area contributed by atoms with E-state index >= 15 is 0 Å². The topological polar surface area (TPSA) is 25.8 Å². The molecule has 0 amide bonds. The lowest BCUT2D eigenvalue weighted by atomic mass is 9.67. The molecule has 0 bridgehead atoms. The molecule has 13 rings (SSSR count). The van der Waals surface area contributed by atoms with Gasteiger partial charge in [0.1, 0.15) is 0 Å². The average Bonchev–Trinajstić information content (AvgIpc) is 3.97. The number of thiophene rings is 1. The van der Waals surface area contributed by atoms with Gasteiger partial charge in [-0.25, -0.2) is 9.97 Å². The molecule has 9 aromatic carbocycles. The van der Waals surface area contributed by atoms with E-state index in [9.17, 15) is 0 Å². The molecule has 0 radical (unpaired) electrons. The average molecular weight is 847 g/mol. The fraction of sp³-hybridized carbons (Fsp3) is 0.0645. The molecule has 0 spiro atoms. The van der Waals surface area contributed by atoms with Crippen molar-refractivity contribution in [3.8, 4) is 67.3 Å². The minimum Gasteiger partial charge on any atom is -0.228 e. The second kappa shape index (κ2) is 14.4. The van der Waals surface area contributed by atoms with Crippen molar-refractivity contribution in [3.05, 3.63) is 252 Å². The molecule has 2 nitrogen and oxygen atoms in total. The summed E-state index contributed by atoms with van der Waals surface area (Å²) in [5.74, 6) is 0.724. The van der Waals surface area contributed by atoms with Gasteiger partial charge in [-0.3, -0.25) is 0 Å². The van der Waals surface area contributed by atoms with Crippen molar-refractivity contribution in [2.75, 3.05) is 0 Å². The number of hydrogen-bond acceptors (Lipinski definition) is 3. The quantitative estimate of drug-likeness (QED) is 0.167. The molecule has 0 aliphatic heterocycles. The van der Waals surface area contributed by atoms with Gasteiger partial charge in [-0.15, -0.1) is 11.3 Å². The summed E-state index contributed by atoms with van der Waals surface area (Å²) in [4.78, 5) is 11.1. The summed E-state index contributed by atoms with van der Waals surface area (Å²) in [6.45, 7) is 4.66. The molecule has 3 heteroatoms. The molecule has 65 heavy (non-hydrogen) atoms. The number of aromatic nitrogens is 2. The summed E-state index contributed by atoms with van der Waals surface area (Å²) in [5.41, 5.74) is 19.3. The Kier molecular flexibility index (Phi) is 8.38. The van der Waals surface area contributed by atoms with Crippen LogP contribution in [0.15, 0.2) is 218 Å². The molecule has 2 aromatic heterocycles. The zero-order valence-corrected chi connectivity index (χ0v) is 36.9. The lowest BCUT2D eigenvalue weighted by Crippen LogP contribution is -2.28. The van der Waals surface area contributed by atoms with Gasteiger partial charge < -0.3 is 0 Å². The third-order valence-corrected chi connectivity index (χ3v) is 15.4. The summed E-state index contributed by atoms with van der Waals surface area (Å²) >= 11 is 1.85. The summed E-state index contributed by atoms with van der Waals surface area (Å²) in [5, 5.41) is 2.61. The van der Waals surface area contributed by atoms with Gasteiger partial charge in [-0.05, 0) is 97.1 Å². The van der Waals surface area contributed by atoms with Crippen LogP contribution >= 0.6 is 11.3 Å². The largest absolute Gasteiger partial charge is 0.228 e. The van der Waals surface area contributed by atoms with E-state index in [1.807, 2.05) is 11.3 Å². The summed E-state index contributed by atoms with van der Waals surface area (Å²) in [7, 11) is 0. The molecule has 0 saturated heterocycles. The lowest BCUT2D eigenvalue weighted by Gasteiger charge is -2.34. The monoisotopic (exact) mass is 846 g/mol. The van der Waals surface area contributed by atoms with Crippen LogP contribution in [0.5, 0.6) is 0 Å². The second-order valence-electron chi connectivity index (χ2n) is 18.0. The fourth-order valence-corrected chi connectivity index (χ4v) is 12.2. The molecule has 0 N–H and O–H groups in total. The molecular formula is C62H42N2S. The maximum atomic E-state index is 5.57. The van der Waals surface area contributed by atoms with E-state index < -0.39 is 5.41 Å². The van der Waals surface area contributed by atoms with Gasteiger partial charge in [-0.2, -0.15) is 0 Å². The normalized spacial score (nSPS) is 13.9. The van der Waals surface area contributed by atoms with Crippen LogP contribution in [-0.4, -0.2) is 9.97 Å². The van der Waals surface area contributed by atoms with Crippen LogP contribution in [-0.2, 0) is 10.8 Å². The van der Waals surface area contributed by atoms with Gasteiger partial charge in [0, 0.05) is 42.3 Å². The van der Waals surface area contributed by atoms with Crippen LogP contribution in [0.25, 0.3) is 87.5 Å². The highest BCUT2D eigenvalue weighted by molar-refractivity contribution is 7.25. The molecule has 306 valence electrons. The molecule has 2 heterocycles. The van der Waals surface area contributed by atoms with Crippen LogP contribution < -0.4 is 0 Å². The number of benzene rings is 9. The van der Waals surface area contributed by atoms with Crippen molar-refractivity contribution < 1.29 is 0 Å². The van der Waals surface area contributed by atoms with E-state index in [0.717, 1.165) is 33.9 Å². The highest BCUT2D eigenvalue weighted by atomic mass is 32.1. The third kappa shape index (κ3) is 5.65. The Balaban J connectivity index is 1.01. The fourth-order valence-electron chi connectivity index (χ4n) is 11.1. The molecule has 0 saturated carbocycles. The van der Waals surface area contributed by atoms with E-state index in [1.54, 1.807) is 0 Å². The zero-order chi connectivity index (χ0) is 43.3. The van der Waals surface area contributed by atoms with Gasteiger partial charge in [0.15, 0.2) is 5.82 Å². The Morgan fingerprint density at radius 1 is 0.354 bits per heavy atom. The molecular weight excluding hydrogens is 805 g/mol. The number of fused-ring (bicyclic) bond motifs is 9. The zero-order valence-electron chi connectivity index (χ0n) is 36.1. The Labute approximate surface area is 383 Å². The van der Waals surface area contributed by atoms with E-state index in [4.69, 9.17) is 9.97 Å². The number of hydrogen-bond donors (Lipinski definition) is 0. The minimum absolute atomic E-state index is 0.149. The van der Waals surface area contributed by atoms with E-state index in [0.29, 0.717) is 0 Å². The predicted molar refractivity (Wildman–Crippen MR) is 272 cm³/mol. The van der Waals surface area contributed by atoms with Crippen LogP contribution in [0, 0.1) is 0 Å². The first kappa shape index (κ1) is 37.8. The van der Waals surface area contributed by atoms with Crippen LogP contribution in [0.4, 0.5) is 0 Å². The van der Waals surface area contributed by atoms with Crippen molar-refractivity contribution in [2.45, 2.75) is 24.7 Å². The van der Waals surface area contributed by atoms with Crippen LogP contribution in [0.2, 0.25) is 0 Å². The van der Waals surface area contributed by atoms with Crippen molar-refractivity contribution in [1.29, 1.82) is 0 Å². The van der Waals surface area contributed by atoms with Gasteiger partial charge in [-0.1, -0.05) is 202 Å². The molecule has 0 unspecified atom stereocenters. The van der Waals surface area contributed by atoms with Crippen molar-refractivity contribution in [2.24, 2.45) is 0 Å². The molecule has 0 atom stereocenters. The predicted octanol–water partition coefficient (Wildman–Crippen LogP) is 16.2. The Hall–Kier alpha value is -7.72. The highest BCUT2D eigenvalue weighted by Gasteiger charge is 2.46. The van der Waals surface area contributed by atoms with Gasteiger partial charge in [0.05, 0.1) is 16.8 Å². The first-order valence-corrected chi connectivity index (χ1v) is 23.3. The molecule has 2 aliphatic rings. The van der Waals surface area contributed by atoms with Gasteiger partial charge >= 0.3 is 0 Å². The minimum atomic E-state index is -0.521. The number of nitrogens with zero attached hydrogens (tertiary/aromatic N) is 2. The lowest BCUT2D eigenvalue weighted by molar-refractivity contribution is 0.660. The Morgan fingerprint density at radius 2 is 0.908 bits per heavy atom. The summed E-state index contributed by atoms with van der Waals surface area (Å²) < 4.78 is 2.63. The second-order valence-corrected chi connectivity index (χ2v) is 19.1. The molecule has 0 fully saturated rings. The van der Waals surface area contributed by atoms with Crippen molar-refractivity contribution in [1.82, 2.24) is 9.97 Å². The standard InChI is InChI=1S/C62H42N2S/c1-61(2)51-24-12-10-22-48(51)59-49(23-15-26-53(59)61)60-63-55(40-30-28-39(29-31-40)41-33-35-58-50(36-41)47-21-11-14-27-57(47)65-58)38-56(64-60)42-32-34-46-45-20-9-13-25-52(45)62(54(46)37-42,43-16-5-3-6-17-43)44-18-7-4-8-19-44/h3-38H,1-2H3. The van der Waals surface area contributed by atoms with Gasteiger partial charge in [0.2, 0.25) is 0 Å². The van der Waals surface area contributed by atoms with Gasteiger partial charge in [0.25, 0.3) is 0 Å². The maximum absolute atomic E-state index is 5.57. The SMILES string of the molecule is CC1(C)c2ccccc2-c2c(-c3nc(-c4ccc(-c5ccc6sc7ccccc7c6c5)cc4)cc(-c4ccc5c(c4)C(c4ccccc4)(c4ccccc4)c4ccccc4-5)n3)cccc21. The Morgan fingerprint density at radius 3 is 1.68 bits per heavy atom. The molecule has 11 aromatic rings. The van der Waals surface area contributed by atoms with E-state index in [1.165, 1.54) is 86.9 Å². The molecule has 2 aliphatic carbocycles. The number of rotatable bonds is 6. The van der Waals surface area contributed by atoms with Crippen LogP contribution in [0.1, 0.15) is 47.2 Å². The summed E-state index contributed by atoms with van der Waals surface area (Å²) in [6, 6.07) is 80.2. The summed E-state index contributed by atoms with van der Waals surface area (Å²) in [6.07, 6.45) is 0. The van der Waals surface area contributed by atoms with Crippen LogP contribution in [0.3, 0.4) is 0 Å². The van der Waals surface area contributed by atoms with Crippen molar-refractivity contribution >= 4 is 31.5 Å². The first-order valence-electron chi connectivity index (χ1n) is 22.5. The first-order chi connectivity index (χ1) is 32.0. The van der Waals surface area contributed by atoms with Crippen molar-refractivity contribution in [3.63, 3.8) is 0 Å². The third-order valence-electron chi connectivity index (χ3n) is 14.2. The highest BCUT2D eigenvalue weighted by Crippen LogP contribution is 2.57. The smallest absolute Gasteiger partial charge is 0.161 e.